The van der Waals surface area contributed by atoms with Crippen LogP contribution < -0.4 is 4.90 Å². The molecular weight excluding hydrogens is 252 g/mol. The van der Waals surface area contributed by atoms with E-state index in [4.69, 9.17) is 9.84 Å². The second-order valence-corrected chi connectivity index (χ2v) is 4.93. The number of rotatable bonds is 8. The van der Waals surface area contributed by atoms with Gasteiger partial charge in [-0.05, 0) is 20.3 Å². The van der Waals surface area contributed by atoms with Crippen molar-refractivity contribution >= 4 is 22.4 Å². The van der Waals surface area contributed by atoms with Crippen LogP contribution in [0.25, 0.3) is 0 Å². The van der Waals surface area contributed by atoms with Gasteiger partial charge < -0.3 is 14.7 Å². The van der Waals surface area contributed by atoms with Crippen molar-refractivity contribution in [2.75, 3.05) is 25.1 Å². The van der Waals surface area contributed by atoms with E-state index in [1.54, 1.807) is 18.4 Å². The summed E-state index contributed by atoms with van der Waals surface area (Å²) in [6.45, 7) is 6.39. The molecule has 102 valence electrons. The zero-order valence-corrected chi connectivity index (χ0v) is 11.9. The van der Waals surface area contributed by atoms with Crippen LogP contribution in [0.1, 0.15) is 30.8 Å². The number of carboxylic acids is 1. The van der Waals surface area contributed by atoms with E-state index in [1.165, 1.54) is 0 Å². The number of hydrogen-bond donors (Lipinski definition) is 1. The quantitative estimate of drug-likeness (QED) is 0.785. The fraction of sp³-hybridized carbons (Fsp3) is 0.667. The number of aromatic nitrogens is 1. The normalized spacial score (nSPS) is 10.6. The van der Waals surface area contributed by atoms with E-state index >= 15 is 0 Å². The Morgan fingerprint density at radius 3 is 2.61 bits per heavy atom. The van der Waals surface area contributed by atoms with Crippen LogP contribution in [0.4, 0.5) is 5.13 Å². The number of carbonyl (C=O) groups is 1. The average Bonchev–Trinajstić information content (AvgIpc) is 2.72. The smallest absolute Gasteiger partial charge is 0.303 e. The van der Waals surface area contributed by atoms with Crippen molar-refractivity contribution in [2.45, 2.75) is 33.3 Å². The third kappa shape index (κ3) is 3.96. The Bertz CT molecular complexity index is 389. The number of aliphatic carboxylic acids is 1. The number of methoxy groups -OCH3 is 1. The molecule has 6 heteroatoms. The lowest BCUT2D eigenvalue weighted by Gasteiger charge is -2.16. The van der Waals surface area contributed by atoms with Crippen molar-refractivity contribution in [3.05, 3.63) is 10.6 Å². The first-order valence-corrected chi connectivity index (χ1v) is 6.88. The Kier molecular flexibility index (Phi) is 6.07. The highest BCUT2D eigenvalue weighted by molar-refractivity contribution is 7.15. The number of thiazole rings is 1. The summed E-state index contributed by atoms with van der Waals surface area (Å²) >= 11 is 1.57. The van der Waals surface area contributed by atoms with Gasteiger partial charge in [0.15, 0.2) is 5.13 Å². The van der Waals surface area contributed by atoms with Crippen LogP contribution in [0.15, 0.2) is 0 Å². The minimum Gasteiger partial charge on any atom is -0.481 e. The SMILES string of the molecule is CCN(CC)c1nc(COC)c(CCC(=O)O)s1. The van der Waals surface area contributed by atoms with Gasteiger partial charge in [-0.25, -0.2) is 4.98 Å². The van der Waals surface area contributed by atoms with Gasteiger partial charge in [0.05, 0.1) is 18.7 Å². The van der Waals surface area contributed by atoms with Crippen molar-refractivity contribution in [3.63, 3.8) is 0 Å². The largest absolute Gasteiger partial charge is 0.481 e. The fourth-order valence-corrected chi connectivity index (χ4v) is 2.85. The highest BCUT2D eigenvalue weighted by Crippen LogP contribution is 2.28. The Hall–Kier alpha value is -1.14. The molecule has 1 heterocycles. The molecule has 1 N–H and O–H groups in total. The van der Waals surface area contributed by atoms with Crippen LogP contribution >= 0.6 is 11.3 Å². The Morgan fingerprint density at radius 1 is 1.44 bits per heavy atom. The number of ether oxygens (including phenoxy) is 1. The first kappa shape index (κ1) is 14.9. The monoisotopic (exact) mass is 272 g/mol. The Morgan fingerprint density at radius 2 is 2.11 bits per heavy atom. The van der Waals surface area contributed by atoms with E-state index in [1.807, 2.05) is 0 Å². The maximum Gasteiger partial charge on any atom is 0.303 e. The van der Waals surface area contributed by atoms with Gasteiger partial charge in [0.25, 0.3) is 0 Å². The second kappa shape index (κ2) is 7.33. The summed E-state index contributed by atoms with van der Waals surface area (Å²) in [7, 11) is 1.62. The van der Waals surface area contributed by atoms with Gasteiger partial charge in [-0.2, -0.15) is 0 Å². The topological polar surface area (TPSA) is 62.7 Å². The fourth-order valence-electron chi connectivity index (χ4n) is 1.66. The zero-order valence-electron chi connectivity index (χ0n) is 11.1. The molecule has 1 rings (SSSR count). The van der Waals surface area contributed by atoms with Crippen molar-refractivity contribution in [2.24, 2.45) is 0 Å². The van der Waals surface area contributed by atoms with Crippen molar-refractivity contribution < 1.29 is 14.6 Å². The van der Waals surface area contributed by atoms with Gasteiger partial charge in [-0.15, -0.1) is 11.3 Å². The molecule has 0 fully saturated rings. The van der Waals surface area contributed by atoms with E-state index in [2.05, 4.69) is 23.7 Å². The summed E-state index contributed by atoms with van der Waals surface area (Å²) in [6, 6.07) is 0. The lowest BCUT2D eigenvalue weighted by atomic mass is 10.2. The molecular formula is C12H20N2O3S. The van der Waals surface area contributed by atoms with Crippen LogP contribution in [0.3, 0.4) is 0 Å². The number of anilines is 1. The minimum absolute atomic E-state index is 0.136. The van der Waals surface area contributed by atoms with Gasteiger partial charge in [-0.1, -0.05) is 0 Å². The molecule has 5 nitrogen and oxygen atoms in total. The Balaban J connectivity index is 2.88. The van der Waals surface area contributed by atoms with Crippen molar-refractivity contribution in [1.82, 2.24) is 4.98 Å². The van der Waals surface area contributed by atoms with E-state index in [-0.39, 0.29) is 6.42 Å². The molecule has 0 aromatic carbocycles. The highest BCUT2D eigenvalue weighted by atomic mass is 32.1. The molecule has 0 unspecified atom stereocenters. The summed E-state index contributed by atoms with van der Waals surface area (Å²) in [5.41, 5.74) is 0.866. The predicted octanol–water partition coefficient (Wildman–Crippen LogP) is 2.15. The highest BCUT2D eigenvalue weighted by Gasteiger charge is 2.15. The molecule has 0 bridgehead atoms. The van der Waals surface area contributed by atoms with Gasteiger partial charge in [-0.3, -0.25) is 4.79 Å². The van der Waals surface area contributed by atoms with Gasteiger partial charge >= 0.3 is 5.97 Å². The molecule has 18 heavy (non-hydrogen) atoms. The zero-order chi connectivity index (χ0) is 13.5. The summed E-state index contributed by atoms with van der Waals surface area (Å²) in [5, 5.41) is 9.70. The number of aryl methyl sites for hydroxylation is 1. The minimum atomic E-state index is -0.781. The van der Waals surface area contributed by atoms with Crippen LogP contribution in [-0.2, 0) is 22.6 Å². The standard InChI is InChI=1S/C12H20N2O3S/c1-4-14(5-2)12-13-9(8-17-3)10(18-12)6-7-11(15)16/h4-8H2,1-3H3,(H,15,16). The molecule has 0 radical (unpaired) electrons. The van der Waals surface area contributed by atoms with E-state index in [0.717, 1.165) is 28.8 Å². The number of nitrogens with zero attached hydrogens (tertiary/aromatic N) is 2. The van der Waals surface area contributed by atoms with Gasteiger partial charge in [0.1, 0.15) is 0 Å². The second-order valence-electron chi connectivity index (χ2n) is 3.87. The summed E-state index contributed by atoms with van der Waals surface area (Å²) < 4.78 is 5.11. The Labute approximate surface area is 111 Å². The molecule has 0 saturated heterocycles. The molecule has 0 amide bonds. The first-order valence-electron chi connectivity index (χ1n) is 6.06. The summed E-state index contributed by atoms with van der Waals surface area (Å²) in [5.74, 6) is -0.781. The summed E-state index contributed by atoms with van der Waals surface area (Å²) in [4.78, 5) is 18.4. The average molecular weight is 272 g/mol. The molecule has 0 aliphatic rings. The lowest BCUT2D eigenvalue weighted by Crippen LogP contribution is -2.21. The van der Waals surface area contributed by atoms with Gasteiger partial charge in [0, 0.05) is 25.1 Å². The summed E-state index contributed by atoms with van der Waals surface area (Å²) in [6.07, 6.45) is 0.656. The van der Waals surface area contributed by atoms with E-state index in [0.29, 0.717) is 13.0 Å². The molecule has 0 aliphatic heterocycles. The first-order chi connectivity index (χ1) is 8.62. The van der Waals surface area contributed by atoms with Crippen LogP contribution in [-0.4, -0.2) is 36.3 Å². The van der Waals surface area contributed by atoms with Crippen LogP contribution in [0.2, 0.25) is 0 Å². The lowest BCUT2D eigenvalue weighted by molar-refractivity contribution is -0.136. The number of hydrogen-bond acceptors (Lipinski definition) is 5. The van der Waals surface area contributed by atoms with E-state index < -0.39 is 5.97 Å². The molecule has 0 aliphatic carbocycles. The molecule has 1 aromatic heterocycles. The third-order valence-electron chi connectivity index (χ3n) is 2.65. The maximum absolute atomic E-state index is 10.6. The van der Waals surface area contributed by atoms with Gasteiger partial charge in [0.2, 0.25) is 0 Å². The molecule has 0 atom stereocenters. The molecule has 0 saturated carbocycles. The number of carboxylic acid groups (broad SMARTS) is 1. The maximum atomic E-state index is 10.6. The van der Waals surface area contributed by atoms with Crippen LogP contribution in [0.5, 0.6) is 0 Å². The van der Waals surface area contributed by atoms with Crippen LogP contribution in [0, 0.1) is 0 Å². The predicted molar refractivity (Wildman–Crippen MR) is 72.3 cm³/mol. The van der Waals surface area contributed by atoms with E-state index in [9.17, 15) is 4.79 Å². The van der Waals surface area contributed by atoms with Crippen molar-refractivity contribution in [3.8, 4) is 0 Å². The third-order valence-corrected chi connectivity index (χ3v) is 3.87. The molecule has 0 spiro atoms. The molecule has 1 aromatic rings. The van der Waals surface area contributed by atoms with Crippen molar-refractivity contribution in [1.29, 1.82) is 0 Å².